The molecule has 2 fully saturated rings. The van der Waals surface area contributed by atoms with Gasteiger partial charge in [0.25, 0.3) is 0 Å². The summed E-state index contributed by atoms with van der Waals surface area (Å²) < 4.78 is 16.5. The Hall–Kier alpha value is -2.54. The van der Waals surface area contributed by atoms with Crippen LogP contribution in [0.25, 0.3) is 0 Å². The lowest BCUT2D eigenvalue weighted by Crippen LogP contribution is -2.39. The number of rotatable bonds is 5. The van der Waals surface area contributed by atoms with Gasteiger partial charge in [-0.15, -0.1) is 0 Å². The molecule has 132 valence electrons. The van der Waals surface area contributed by atoms with Crippen molar-refractivity contribution >= 4 is 11.9 Å². The summed E-state index contributed by atoms with van der Waals surface area (Å²) in [5.41, 5.74) is 0.0169. The van der Waals surface area contributed by atoms with Crippen molar-refractivity contribution < 1.29 is 28.9 Å². The maximum absolute atomic E-state index is 12.9. The zero-order valence-corrected chi connectivity index (χ0v) is 14.0. The quantitative estimate of drug-likeness (QED) is 0.804. The van der Waals surface area contributed by atoms with E-state index in [4.69, 9.17) is 14.2 Å². The molecule has 2 saturated heterocycles. The second-order valence-electron chi connectivity index (χ2n) is 6.61. The van der Waals surface area contributed by atoms with Crippen molar-refractivity contribution in [2.75, 3.05) is 20.8 Å². The number of carbonyl (C=O) groups is 2. The van der Waals surface area contributed by atoms with Crippen molar-refractivity contribution in [2.45, 2.75) is 18.2 Å². The van der Waals surface area contributed by atoms with Gasteiger partial charge < -0.3 is 24.2 Å². The third-order valence-electron chi connectivity index (χ3n) is 5.32. The minimum absolute atomic E-state index is 0.183. The van der Waals surface area contributed by atoms with E-state index in [2.05, 4.69) is 0 Å². The average molecular weight is 345 g/mol. The van der Waals surface area contributed by atoms with Crippen molar-refractivity contribution in [1.82, 2.24) is 4.90 Å². The van der Waals surface area contributed by atoms with Crippen molar-refractivity contribution in [3.8, 4) is 11.5 Å². The number of methoxy groups -OCH3 is 2. The van der Waals surface area contributed by atoms with Crippen LogP contribution in [0.5, 0.6) is 11.5 Å². The first kappa shape index (κ1) is 16.0. The number of amides is 1. The van der Waals surface area contributed by atoms with Gasteiger partial charge in [0.1, 0.15) is 23.0 Å². The maximum atomic E-state index is 12.9. The molecule has 3 aliphatic heterocycles. The number of fused-ring (bicyclic) bond motifs is 1. The molecular weight excluding hydrogens is 326 g/mol. The summed E-state index contributed by atoms with van der Waals surface area (Å²) in [4.78, 5) is 26.1. The molecule has 7 nitrogen and oxygen atoms in total. The largest absolute Gasteiger partial charge is 0.497 e. The molecule has 4 atom stereocenters. The summed E-state index contributed by atoms with van der Waals surface area (Å²) in [5.74, 6) is -1.36. The van der Waals surface area contributed by atoms with Crippen molar-refractivity contribution in [3.63, 3.8) is 0 Å². The summed E-state index contributed by atoms with van der Waals surface area (Å²) in [6.07, 6.45) is 3.11. The molecule has 0 aromatic heterocycles. The normalized spacial score (nSPS) is 32.2. The lowest BCUT2D eigenvalue weighted by molar-refractivity contribution is -0.148. The van der Waals surface area contributed by atoms with Crippen LogP contribution in [0.1, 0.15) is 5.56 Å². The second kappa shape index (κ2) is 5.49. The van der Waals surface area contributed by atoms with Crippen LogP contribution >= 0.6 is 0 Å². The third kappa shape index (κ3) is 2.22. The number of ether oxygens (including phenoxy) is 3. The van der Waals surface area contributed by atoms with Crippen molar-refractivity contribution in [2.24, 2.45) is 11.8 Å². The van der Waals surface area contributed by atoms with Crippen LogP contribution in [0.2, 0.25) is 0 Å². The number of aliphatic carboxylic acids is 1. The molecule has 25 heavy (non-hydrogen) atoms. The topological polar surface area (TPSA) is 85.3 Å². The van der Waals surface area contributed by atoms with Gasteiger partial charge in [-0.3, -0.25) is 9.59 Å². The van der Waals surface area contributed by atoms with Gasteiger partial charge in [0.15, 0.2) is 0 Å². The van der Waals surface area contributed by atoms with E-state index in [1.807, 2.05) is 12.1 Å². The smallest absolute Gasteiger partial charge is 0.310 e. The summed E-state index contributed by atoms with van der Waals surface area (Å²) in [5, 5.41) is 9.49. The molecule has 3 aliphatic rings. The number of benzene rings is 1. The Bertz CT molecular complexity index is 775. The number of hydrogen-bond donors (Lipinski definition) is 1. The highest BCUT2D eigenvalue weighted by molar-refractivity contribution is 5.90. The van der Waals surface area contributed by atoms with Gasteiger partial charge in [-0.2, -0.15) is 0 Å². The molecule has 1 aromatic rings. The zero-order chi connectivity index (χ0) is 17.8. The van der Waals surface area contributed by atoms with Crippen LogP contribution in [-0.2, 0) is 20.9 Å². The fourth-order valence-electron chi connectivity index (χ4n) is 4.18. The number of nitrogens with zero attached hydrogens (tertiary/aromatic N) is 1. The molecule has 7 heteroatoms. The number of hydrogen-bond acceptors (Lipinski definition) is 5. The van der Waals surface area contributed by atoms with E-state index in [-0.39, 0.29) is 5.91 Å². The van der Waals surface area contributed by atoms with E-state index in [1.54, 1.807) is 37.3 Å². The molecule has 2 bridgehead atoms. The SMILES string of the molecule is COc1ccc(CN2C[C@@]34C=C[C@@H](O3)[C@@H](C(=O)O)[C@@H]4C2=O)c(OC)c1. The Morgan fingerprint density at radius 2 is 2.20 bits per heavy atom. The Morgan fingerprint density at radius 1 is 1.40 bits per heavy atom. The first-order valence-electron chi connectivity index (χ1n) is 8.09. The van der Waals surface area contributed by atoms with E-state index in [0.717, 1.165) is 5.56 Å². The highest BCUT2D eigenvalue weighted by Crippen LogP contribution is 2.52. The van der Waals surface area contributed by atoms with Gasteiger partial charge in [-0.05, 0) is 12.1 Å². The molecule has 1 aromatic carbocycles. The van der Waals surface area contributed by atoms with Gasteiger partial charge in [0, 0.05) is 18.2 Å². The van der Waals surface area contributed by atoms with E-state index < -0.39 is 29.5 Å². The predicted octanol–water partition coefficient (Wildman–Crippen LogP) is 1.07. The summed E-state index contributed by atoms with van der Waals surface area (Å²) in [6.45, 7) is 0.681. The summed E-state index contributed by atoms with van der Waals surface area (Å²) >= 11 is 0. The first-order chi connectivity index (χ1) is 12.0. The van der Waals surface area contributed by atoms with Gasteiger partial charge in [0.05, 0.1) is 32.8 Å². The third-order valence-corrected chi connectivity index (χ3v) is 5.32. The van der Waals surface area contributed by atoms with E-state index in [0.29, 0.717) is 24.6 Å². The molecule has 0 radical (unpaired) electrons. The molecule has 4 rings (SSSR count). The monoisotopic (exact) mass is 345 g/mol. The van der Waals surface area contributed by atoms with Crippen LogP contribution in [0.4, 0.5) is 0 Å². The maximum Gasteiger partial charge on any atom is 0.310 e. The van der Waals surface area contributed by atoms with Crippen LogP contribution in [0.3, 0.4) is 0 Å². The standard InChI is InChI=1S/C18H19NO6/c1-23-11-4-3-10(13(7-11)24-2)8-19-9-18-6-5-12(25-18)14(17(21)22)15(18)16(19)20/h3-7,12,14-15H,8-9H2,1-2H3,(H,21,22)/t12-,14-,15-,18-/m1/s1. The number of carbonyl (C=O) groups excluding carboxylic acids is 1. The molecule has 3 heterocycles. The van der Waals surface area contributed by atoms with Crippen molar-refractivity contribution in [1.29, 1.82) is 0 Å². The van der Waals surface area contributed by atoms with Gasteiger partial charge in [-0.25, -0.2) is 0 Å². The number of carboxylic acid groups (broad SMARTS) is 1. The Labute approximate surface area is 144 Å². The van der Waals surface area contributed by atoms with Crippen LogP contribution in [0.15, 0.2) is 30.4 Å². The average Bonchev–Trinajstić information content (AvgIpc) is 3.23. The first-order valence-corrected chi connectivity index (χ1v) is 8.09. The van der Waals surface area contributed by atoms with Crippen molar-refractivity contribution in [3.05, 3.63) is 35.9 Å². The number of likely N-dealkylation sites (tertiary alicyclic amines) is 1. The molecule has 0 unspecified atom stereocenters. The number of carboxylic acids is 1. The lowest BCUT2D eigenvalue weighted by Gasteiger charge is -2.22. The fraction of sp³-hybridized carbons (Fsp3) is 0.444. The van der Waals surface area contributed by atoms with E-state index >= 15 is 0 Å². The van der Waals surface area contributed by atoms with E-state index in [9.17, 15) is 14.7 Å². The minimum atomic E-state index is -0.988. The summed E-state index contributed by atoms with van der Waals surface area (Å²) in [7, 11) is 3.14. The van der Waals surface area contributed by atoms with Gasteiger partial charge >= 0.3 is 5.97 Å². The Balaban J connectivity index is 1.61. The van der Waals surface area contributed by atoms with Crippen LogP contribution < -0.4 is 9.47 Å². The Kier molecular flexibility index (Phi) is 3.50. The Morgan fingerprint density at radius 3 is 2.88 bits per heavy atom. The minimum Gasteiger partial charge on any atom is -0.497 e. The van der Waals surface area contributed by atoms with Crippen LogP contribution in [-0.4, -0.2) is 54.4 Å². The van der Waals surface area contributed by atoms with E-state index in [1.165, 1.54) is 0 Å². The van der Waals surface area contributed by atoms with Gasteiger partial charge in [0.2, 0.25) is 5.91 Å². The predicted molar refractivity (Wildman–Crippen MR) is 86.3 cm³/mol. The highest BCUT2D eigenvalue weighted by atomic mass is 16.5. The fourth-order valence-corrected chi connectivity index (χ4v) is 4.18. The molecule has 1 amide bonds. The zero-order valence-electron chi connectivity index (χ0n) is 14.0. The molecule has 1 spiro atoms. The highest BCUT2D eigenvalue weighted by Gasteiger charge is 2.67. The van der Waals surface area contributed by atoms with Crippen LogP contribution in [0, 0.1) is 11.8 Å². The summed E-state index contributed by atoms with van der Waals surface area (Å²) in [6, 6.07) is 5.41. The second-order valence-corrected chi connectivity index (χ2v) is 6.61. The molecule has 1 N–H and O–H groups in total. The van der Waals surface area contributed by atoms with Gasteiger partial charge in [-0.1, -0.05) is 12.2 Å². The molecule has 0 aliphatic carbocycles. The molecular formula is C18H19NO6. The lowest BCUT2D eigenvalue weighted by atomic mass is 9.77. The molecule has 0 saturated carbocycles.